The first-order chi connectivity index (χ1) is 8.12. The lowest BCUT2D eigenvalue weighted by Crippen LogP contribution is -2.47. The minimum Gasteiger partial charge on any atom is -0.369 e. The third-order valence-electron chi connectivity index (χ3n) is 3.82. The van der Waals surface area contributed by atoms with Crippen molar-refractivity contribution in [3.8, 4) is 0 Å². The van der Waals surface area contributed by atoms with E-state index in [4.69, 9.17) is 5.73 Å². The second-order valence-corrected chi connectivity index (χ2v) is 5.51. The Morgan fingerprint density at radius 2 is 2.06 bits per heavy atom. The van der Waals surface area contributed by atoms with E-state index in [9.17, 15) is 0 Å². The largest absolute Gasteiger partial charge is 0.369 e. The van der Waals surface area contributed by atoms with E-state index < -0.39 is 0 Å². The highest BCUT2D eigenvalue weighted by atomic mass is 15.2. The summed E-state index contributed by atoms with van der Waals surface area (Å²) in [6.45, 7) is 6.43. The smallest absolute Gasteiger partial charge is 0.0399 e. The topological polar surface area (TPSA) is 29.3 Å². The van der Waals surface area contributed by atoms with E-state index in [1.54, 1.807) is 0 Å². The zero-order chi connectivity index (χ0) is 12.3. The van der Waals surface area contributed by atoms with Crippen molar-refractivity contribution in [1.82, 2.24) is 0 Å². The van der Waals surface area contributed by atoms with Crippen molar-refractivity contribution < 1.29 is 0 Å². The molecule has 2 N–H and O–H groups in total. The normalized spacial score (nSPS) is 19.4. The maximum atomic E-state index is 6.31. The minimum absolute atomic E-state index is 0.0859. The molecular formula is C15H24N2. The van der Waals surface area contributed by atoms with Crippen LogP contribution < -0.4 is 10.6 Å². The average Bonchev–Trinajstić information content (AvgIpc) is 2.52. The minimum atomic E-state index is -0.0859. The third kappa shape index (κ3) is 3.01. The van der Waals surface area contributed by atoms with Crippen LogP contribution >= 0.6 is 0 Å². The van der Waals surface area contributed by atoms with Gasteiger partial charge in [0.2, 0.25) is 0 Å². The Morgan fingerprint density at radius 1 is 1.29 bits per heavy atom. The lowest BCUT2D eigenvalue weighted by molar-refractivity contribution is 0.445. The van der Waals surface area contributed by atoms with Crippen LogP contribution in [0.1, 0.15) is 38.7 Å². The van der Waals surface area contributed by atoms with Crippen molar-refractivity contribution in [2.24, 2.45) is 5.73 Å². The van der Waals surface area contributed by atoms with Crippen molar-refractivity contribution in [2.45, 2.75) is 45.1 Å². The monoisotopic (exact) mass is 232 g/mol. The van der Waals surface area contributed by atoms with Crippen molar-refractivity contribution in [3.05, 3.63) is 29.8 Å². The molecule has 2 rings (SSSR count). The van der Waals surface area contributed by atoms with Gasteiger partial charge in [0.15, 0.2) is 0 Å². The van der Waals surface area contributed by atoms with E-state index in [-0.39, 0.29) is 5.54 Å². The number of rotatable bonds is 3. The molecular weight excluding hydrogens is 208 g/mol. The Kier molecular flexibility index (Phi) is 3.72. The van der Waals surface area contributed by atoms with Gasteiger partial charge in [0.25, 0.3) is 0 Å². The summed E-state index contributed by atoms with van der Waals surface area (Å²) in [5, 5.41) is 0. The van der Waals surface area contributed by atoms with E-state index in [0.717, 1.165) is 19.5 Å². The van der Waals surface area contributed by atoms with Crippen molar-refractivity contribution >= 4 is 5.69 Å². The number of nitrogens with zero attached hydrogens (tertiary/aromatic N) is 1. The number of anilines is 1. The van der Waals surface area contributed by atoms with E-state index in [1.807, 2.05) is 0 Å². The highest BCUT2D eigenvalue weighted by Crippen LogP contribution is 2.27. The zero-order valence-electron chi connectivity index (χ0n) is 11.1. The third-order valence-corrected chi connectivity index (χ3v) is 3.82. The van der Waals surface area contributed by atoms with Crippen LogP contribution in [0, 0.1) is 0 Å². The molecule has 0 saturated carbocycles. The molecule has 0 radical (unpaired) electrons. The van der Waals surface area contributed by atoms with Gasteiger partial charge in [-0.1, -0.05) is 25.1 Å². The van der Waals surface area contributed by atoms with Crippen molar-refractivity contribution in [2.75, 3.05) is 18.0 Å². The lowest BCUT2D eigenvalue weighted by atomic mass is 9.99. The van der Waals surface area contributed by atoms with Crippen LogP contribution in [-0.4, -0.2) is 18.6 Å². The number of aryl methyl sites for hydroxylation is 1. The summed E-state index contributed by atoms with van der Waals surface area (Å²) in [6, 6.07) is 8.78. The van der Waals surface area contributed by atoms with Crippen molar-refractivity contribution in [3.63, 3.8) is 0 Å². The number of hydrogen-bond donors (Lipinski definition) is 1. The molecule has 1 heterocycles. The Labute approximate surface area is 105 Å². The summed E-state index contributed by atoms with van der Waals surface area (Å²) in [5.41, 5.74) is 9.11. The predicted molar refractivity (Wildman–Crippen MR) is 74.5 cm³/mol. The Hall–Kier alpha value is -1.02. The number of nitrogens with two attached hydrogens (primary N) is 1. The molecule has 0 fully saturated rings. The predicted octanol–water partition coefficient (Wildman–Crippen LogP) is 2.96. The van der Waals surface area contributed by atoms with Gasteiger partial charge in [0.1, 0.15) is 0 Å². The molecule has 94 valence electrons. The molecule has 0 aliphatic carbocycles. The summed E-state index contributed by atoms with van der Waals surface area (Å²) in [6.07, 6.45) is 4.79. The van der Waals surface area contributed by atoms with Gasteiger partial charge < -0.3 is 10.6 Å². The highest BCUT2D eigenvalue weighted by molar-refractivity contribution is 5.54. The van der Waals surface area contributed by atoms with Gasteiger partial charge in [0.05, 0.1) is 0 Å². The molecule has 1 atom stereocenters. The van der Waals surface area contributed by atoms with Crippen molar-refractivity contribution in [1.29, 1.82) is 0 Å². The molecule has 1 unspecified atom stereocenters. The van der Waals surface area contributed by atoms with Gasteiger partial charge in [-0.3, -0.25) is 0 Å². The Morgan fingerprint density at radius 3 is 2.82 bits per heavy atom. The molecule has 1 aromatic rings. The van der Waals surface area contributed by atoms with Gasteiger partial charge in [-0.25, -0.2) is 0 Å². The van der Waals surface area contributed by atoms with Gasteiger partial charge >= 0.3 is 0 Å². The van der Waals surface area contributed by atoms with Crippen LogP contribution in [-0.2, 0) is 6.42 Å². The molecule has 0 amide bonds. The standard InChI is InChI=1S/C15H24N2/c1-3-15(2,16)12-17-11-7-6-9-13-8-4-5-10-14(13)17/h4-5,8,10H,3,6-7,9,11-12,16H2,1-2H3. The number of benzene rings is 1. The second-order valence-electron chi connectivity index (χ2n) is 5.51. The van der Waals surface area contributed by atoms with E-state index in [0.29, 0.717) is 0 Å². The van der Waals surface area contributed by atoms with Crippen LogP contribution in [0.25, 0.3) is 0 Å². The fraction of sp³-hybridized carbons (Fsp3) is 0.600. The number of fused-ring (bicyclic) bond motifs is 1. The fourth-order valence-corrected chi connectivity index (χ4v) is 2.48. The molecule has 0 bridgehead atoms. The van der Waals surface area contributed by atoms with Crippen LogP contribution in [0.5, 0.6) is 0 Å². The fourth-order valence-electron chi connectivity index (χ4n) is 2.48. The Bertz CT molecular complexity index is 371. The summed E-state index contributed by atoms with van der Waals surface area (Å²) < 4.78 is 0. The molecule has 0 saturated heterocycles. The molecule has 17 heavy (non-hydrogen) atoms. The van der Waals surface area contributed by atoms with E-state index in [1.165, 1.54) is 30.5 Å². The summed E-state index contributed by atoms with van der Waals surface area (Å²) in [7, 11) is 0. The molecule has 1 aromatic carbocycles. The van der Waals surface area contributed by atoms with Gasteiger partial charge in [-0.15, -0.1) is 0 Å². The number of para-hydroxylation sites is 1. The molecule has 2 heteroatoms. The second kappa shape index (κ2) is 5.09. The van der Waals surface area contributed by atoms with Gasteiger partial charge in [-0.05, 0) is 44.2 Å². The zero-order valence-corrected chi connectivity index (χ0v) is 11.1. The maximum Gasteiger partial charge on any atom is 0.0399 e. The summed E-state index contributed by atoms with van der Waals surface area (Å²) in [5.74, 6) is 0. The van der Waals surface area contributed by atoms with Crippen LogP contribution in [0.3, 0.4) is 0 Å². The molecule has 0 spiro atoms. The first kappa shape index (κ1) is 12.4. The Balaban J connectivity index is 2.23. The van der Waals surface area contributed by atoms with Crippen LogP contribution in [0.2, 0.25) is 0 Å². The average molecular weight is 232 g/mol. The van der Waals surface area contributed by atoms with Gasteiger partial charge in [0, 0.05) is 24.3 Å². The van der Waals surface area contributed by atoms with Gasteiger partial charge in [-0.2, -0.15) is 0 Å². The quantitative estimate of drug-likeness (QED) is 0.868. The molecule has 2 nitrogen and oxygen atoms in total. The van der Waals surface area contributed by atoms with E-state index in [2.05, 4.69) is 43.0 Å². The van der Waals surface area contributed by atoms with Crippen LogP contribution in [0.4, 0.5) is 5.69 Å². The number of hydrogen-bond acceptors (Lipinski definition) is 2. The highest BCUT2D eigenvalue weighted by Gasteiger charge is 2.22. The summed E-state index contributed by atoms with van der Waals surface area (Å²) >= 11 is 0. The lowest BCUT2D eigenvalue weighted by Gasteiger charge is -2.33. The van der Waals surface area contributed by atoms with E-state index >= 15 is 0 Å². The van der Waals surface area contributed by atoms with Crippen LogP contribution in [0.15, 0.2) is 24.3 Å². The maximum absolute atomic E-state index is 6.31. The molecule has 1 aliphatic heterocycles. The SMILES string of the molecule is CCC(C)(N)CN1CCCCc2ccccc21. The molecule has 1 aliphatic rings. The molecule has 0 aromatic heterocycles. The first-order valence-corrected chi connectivity index (χ1v) is 6.74. The first-order valence-electron chi connectivity index (χ1n) is 6.74. The summed E-state index contributed by atoms with van der Waals surface area (Å²) in [4.78, 5) is 2.48.